The lowest BCUT2D eigenvalue weighted by Gasteiger charge is -2.13. The van der Waals surface area contributed by atoms with Gasteiger partial charge in [-0.05, 0) is 26.0 Å². The highest BCUT2D eigenvalue weighted by Gasteiger charge is 2.30. The molecule has 0 aliphatic carbocycles. The number of pyridine rings is 1. The zero-order valence-electron chi connectivity index (χ0n) is 13.8. The summed E-state index contributed by atoms with van der Waals surface area (Å²) in [4.78, 5) is 35.8. The number of aryl methyl sites for hydroxylation is 2. The molecule has 0 saturated heterocycles. The van der Waals surface area contributed by atoms with Crippen LogP contribution in [0.4, 0.5) is 0 Å². The third-order valence-corrected chi connectivity index (χ3v) is 4.64. The van der Waals surface area contributed by atoms with E-state index < -0.39 is 0 Å². The van der Waals surface area contributed by atoms with E-state index in [1.165, 1.54) is 4.57 Å². The molecule has 4 rings (SSSR count). The van der Waals surface area contributed by atoms with Crippen LogP contribution in [0.15, 0.2) is 29.2 Å². The van der Waals surface area contributed by atoms with Crippen molar-refractivity contribution in [3.63, 3.8) is 0 Å². The molecule has 0 saturated carbocycles. The Morgan fingerprint density at radius 1 is 1.17 bits per heavy atom. The van der Waals surface area contributed by atoms with Crippen molar-refractivity contribution in [2.24, 2.45) is 7.05 Å². The van der Waals surface area contributed by atoms with E-state index in [0.29, 0.717) is 29.3 Å². The second-order valence-corrected chi connectivity index (χ2v) is 6.08. The van der Waals surface area contributed by atoms with Crippen molar-refractivity contribution < 1.29 is 4.79 Å². The summed E-state index contributed by atoms with van der Waals surface area (Å²) in [6, 6.07) is 5.65. The topological polar surface area (TPSA) is 72.5 Å². The van der Waals surface area contributed by atoms with Crippen LogP contribution < -0.4 is 5.56 Å². The van der Waals surface area contributed by atoms with Crippen molar-refractivity contribution in [1.82, 2.24) is 23.8 Å². The van der Waals surface area contributed by atoms with Crippen LogP contribution in [0.1, 0.15) is 33.3 Å². The number of imidazole rings is 1. The van der Waals surface area contributed by atoms with E-state index in [4.69, 9.17) is 0 Å². The van der Waals surface area contributed by atoms with Gasteiger partial charge in [-0.25, -0.2) is 9.97 Å². The maximum atomic E-state index is 12.9. The highest BCUT2D eigenvalue weighted by Crippen LogP contribution is 2.22. The van der Waals surface area contributed by atoms with Crippen LogP contribution in [-0.4, -0.2) is 29.7 Å². The number of aromatic nitrogens is 4. The minimum atomic E-state index is -0.172. The van der Waals surface area contributed by atoms with Crippen LogP contribution in [0, 0.1) is 13.8 Å². The maximum Gasteiger partial charge on any atom is 0.275 e. The molecule has 3 aromatic rings. The fourth-order valence-electron chi connectivity index (χ4n) is 3.14. The van der Waals surface area contributed by atoms with Crippen LogP contribution in [0.2, 0.25) is 0 Å². The molecule has 3 aromatic heterocycles. The first-order valence-corrected chi connectivity index (χ1v) is 7.75. The van der Waals surface area contributed by atoms with Crippen molar-refractivity contribution in [3.8, 4) is 0 Å². The van der Waals surface area contributed by atoms with Crippen molar-refractivity contribution in [2.75, 3.05) is 0 Å². The van der Waals surface area contributed by atoms with Crippen LogP contribution in [-0.2, 0) is 20.1 Å². The largest absolute Gasteiger partial charge is 0.327 e. The molecule has 0 unspecified atom stereocenters. The van der Waals surface area contributed by atoms with Gasteiger partial charge in [-0.15, -0.1) is 0 Å². The summed E-state index contributed by atoms with van der Waals surface area (Å²) in [7, 11) is 1.70. The van der Waals surface area contributed by atoms with Gasteiger partial charge in [0.25, 0.3) is 11.5 Å². The van der Waals surface area contributed by atoms with Gasteiger partial charge < -0.3 is 9.30 Å². The predicted molar refractivity (Wildman–Crippen MR) is 87.7 cm³/mol. The predicted octanol–water partition coefficient (Wildman–Crippen LogP) is 1.20. The molecule has 0 N–H and O–H groups in total. The number of carbonyl (C=O) groups is 1. The third-order valence-electron chi connectivity index (χ3n) is 4.64. The van der Waals surface area contributed by atoms with Gasteiger partial charge in [0.05, 0.1) is 30.0 Å². The van der Waals surface area contributed by atoms with Gasteiger partial charge in [-0.2, -0.15) is 0 Å². The molecule has 1 aliphatic heterocycles. The fourth-order valence-corrected chi connectivity index (χ4v) is 3.14. The SMILES string of the molecule is Cc1nc2c(c(=O)n1C)CN(C(=O)c1nc3ccccn3c1C)C2. The smallest absolute Gasteiger partial charge is 0.275 e. The zero-order chi connectivity index (χ0) is 17.0. The van der Waals surface area contributed by atoms with Crippen LogP contribution in [0.3, 0.4) is 0 Å². The van der Waals surface area contributed by atoms with Gasteiger partial charge >= 0.3 is 0 Å². The molecule has 0 spiro atoms. The van der Waals surface area contributed by atoms with Crippen molar-refractivity contribution in [2.45, 2.75) is 26.9 Å². The molecule has 7 heteroatoms. The highest BCUT2D eigenvalue weighted by molar-refractivity contribution is 5.94. The normalized spacial score (nSPS) is 13.5. The second kappa shape index (κ2) is 5.02. The molecular weight excluding hydrogens is 306 g/mol. The second-order valence-electron chi connectivity index (χ2n) is 6.08. The minimum absolute atomic E-state index is 0.0838. The Balaban J connectivity index is 1.72. The van der Waals surface area contributed by atoms with Crippen LogP contribution in [0.25, 0.3) is 5.65 Å². The molecule has 24 heavy (non-hydrogen) atoms. The van der Waals surface area contributed by atoms with Crippen molar-refractivity contribution >= 4 is 11.6 Å². The monoisotopic (exact) mass is 323 g/mol. The number of amides is 1. The van der Waals surface area contributed by atoms with Gasteiger partial charge in [-0.3, -0.25) is 14.2 Å². The van der Waals surface area contributed by atoms with Crippen LogP contribution in [0.5, 0.6) is 0 Å². The first-order chi connectivity index (χ1) is 11.5. The molecule has 122 valence electrons. The van der Waals surface area contributed by atoms with E-state index in [-0.39, 0.29) is 18.0 Å². The summed E-state index contributed by atoms with van der Waals surface area (Å²) >= 11 is 0. The number of hydrogen-bond acceptors (Lipinski definition) is 4. The summed E-state index contributed by atoms with van der Waals surface area (Å²) in [5, 5.41) is 0. The molecule has 7 nitrogen and oxygen atoms in total. The number of fused-ring (bicyclic) bond motifs is 2. The first-order valence-electron chi connectivity index (χ1n) is 7.75. The van der Waals surface area contributed by atoms with Gasteiger partial charge in [0.15, 0.2) is 0 Å². The van der Waals surface area contributed by atoms with Gasteiger partial charge in [-0.1, -0.05) is 6.07 Å². The Labute approximate surface area is 138 Å². The van der Waals surface area contributed by atoms with E-state index in [1.54, 1.807) is 18.9 Å². The minimum Gasteiger partial charge on any atom is -0.327 e. The summed E-state index contributed by atoms with van der Waals surface area (Å²) in [5.41, 5.74) is 3.15. The first kappa shape index (κ1) is 14.6. The number of carbonyl (C=O) groups excluding carboxylic acids is 1. The van der Waals surface area contributed by atoms with E-state index >= 15 is 0 Å². The van der Waals surface area contributed by atoms with Crippen molar-refractivity contribution in [1.29, 1.82) is 0 Å². The Kier molecular flexibility index (Phi) is 3.06. The van der Waals surface area contributed by atoms with E-state index in [9.17, 15) is 9.59 Å². The average molecular weight is 323 g/mol. The standard InChI is InChI=1S/C17H17N5O2/c1-10-15(19-14-6-4-5-7-22(10)14)17(24)21-8-12-13(9-21)18-11(2)20(3)16(12)23/h4-7H,8-9H2,1-3H3. The third kappa shape index (κ3) is 1.97. The Morgan fingerprint density at radius 3 is 2.71 bits per heavy atom. The Morgan fingerprint density at radius 2 is 1.96 bits per heavy atom. The van der Waals surface area contributed by atoms with Gasteiger partial charge in [0.1, 0.15) is 17.2 Å². The maximum absolute atomic E-state index is 12.9. The molecule has 0 bridgehead atoms. The van der Waals surface area contributed by atoms with Gasteiger partial charge in [0.2, 0.25) is 0 Å². The van der Waals surface area contributed by atoms with Gasteiger partial charge in [0, 0.05) is 13.2 Å². The molecular formula is C17H17N5O2. The molecule has 4 heterocycles. The quantitative estimate of drug-likeness (QED) is 0.674. The zero-order valence-corrected chi connectivity index (χ0v) is 13.8. The molecule has 0 aromatic carbocycles. The average Bonchev–Trinajstić information content (AvgIpc) is 3.14. The summed E-state index contributed by atoms with van der Waals surface area (Å²) < 4.78 is 3.40. The molecule has 0 radical (unpaired) electrons. The van der Waals surface area contributed by atoms with E-state index in [2.05, 4.69) is 9.97 Å². The fraction of sp³-hybridized carbons (Fsp3) is 0.294. The number of nitrogens with zero attached hydrogens (tertiary/aromatic N) is 5. The molecule has 1 aliphatic rings. The highest BCUT2D eigenvalue weighted by atomic mass is 16.2. The van der Waals surface area contributed by atoms with E-state index in [1.807, 2.05) is 35.7 Å². The van der Waals surface area contributed by atoms with Crippen molar-refractivity contribution in [3.05, 3.63) is 63.2 Å². The molecule has 1 amide bonds. The molecule has 0 fully saturated rings. The molecule has 0 atom stereocenters. The van der Waals surface area contributed by atoms with Crippen LogP contribution >= 0.6 is 0 Å². The number of hydrogen-bond donors (Lipinski definition) is 0. The summed E-state index contributed by atoms with van der Waals surface area (Å²) in [5.74, 6) is 0.478. The lowest BCUT2D eigenvalue weighted by molar-refractivity contribution is 0.0744. The Bertz CT molecular complexity index is 1050. The Hall–Kier alpha value is -2.96. The number of rotatable bonds is 1. The lowest BCUT2D eigenvalue weighted by Crippen LogP contribution is -2.28. The van der Waals surface area contributed by atoms with E-state index in [0.717, 1.165) is 11.3 Å². The summed E-state index contributed by atoms with van der Waals surface area (Å²) in [6.07, 6.45) is 1.88. The summed E-state index contributed by atoms with van der Waals surface area (Å²) in [6.45, 7) is 4.29. The lowest BCUT2D eigenvalue weighted by atomic mass is 10.2.